The number of ketones is 1. The monoisotopic (exact) mass is 271 g/mol. The van der Waals surface area contributed by atoms with Gasteiger partial charge in [-0.2, -0.15) is 0 Å². The fraction of sp³-hybridized carbons (Fsp3) is 0.250. The van der Waals surface area contributed by atoms with E-state index in [1.54, 1.807) is 18.0 Å². The Labute approximate surface area is 118 Å². The second kappa shape index (κ2) is 6.53. The summed E-state index contributed by atoms with van der Waals surface area (Å²) >= 11 is 1.74. The Bertz CT molecular complexity index is 563. The number of aromatic nitrogens is 1. The molecule has 0 N–H and O–H groups in total. The number of carbonyl (C=O) groups excluding carboxylic acids is 1. The second-order valence-corrected chi connectivity index (χ2v) is 5.42. The molecule has 0 unspecified atom stereocenters. The number of rotatable bonds is 5. The van der Waals surface area contributed by atoms with Crippen LogP contribution in [0.4, 0.5) is 0 Å². The van der Waals surface area contributed by atoms with E-state index in [0.717, 1.165) is 10.6 Å². The summed E-state index contributed by atoms with van der Waals surface area (Å²) in [4.78, 5) is 16.8. The van der Waals surface area contributed by atoms with E-state index >= 15 is 0 Å². The van der Waals surface area contributed by atoms with Crippen LogP contribution in [-0.2, 0) is 5.75 Å². The molecule has 0 bridgehead atoms. The molecule has 0 aliphatic carbocycles. The van der Waals surface area contributed by atoms with Gasteiger partial charge in [0.25, 0.3) is 0 Å². The van der Waals surface area contributed by atoms with Crippen LogP contribution in [0.2, 0.25) is 0 Å². The largest absolute Gasteiger partial charge is 0.292 e. The van der Waals surface area contributed by atoms with Crippen LogP contribution < -0.4 is 0 Å². The number of thioether (sulfide) groups is 1. The minimum Gasteiger partial charge on any atom is -0.292 e. The minimum absolute atomic E-state index is 0.0930. The van der Waals surface area contributed by atoms with Crippen LogP contribution in [0.1, 0.15) is 35.0 Å². The SMILES string of the molecule is CCC(=O)c1ccc(SCc2ccccc2C)cn1. The number of nitrogens with zero attached hydrogens (tertiary/aromatic N) is 1. The highest BCUT2D eigenvalue weighted by molar-refractivity contribution is 7.98. The Morgan fingerprint density at radius 3 is 2.63 bits per heavy atom. The molecule has 98 valence electrons. The molecule has 1 heterocycles. The third kappa shape index (κ3) is 3.67. The van der Waals surface area contributed by atoms with Gasteiger partial charge >= 0.3 is 0 Å². The third-order valence-electron chi connectivity index (χ3n) is 3.00. The number of benzene rings is 1. The smallest absolute Gasteiger partial charge is 0.180 e. The molecule has 19 heavy (non-hydrogen) atoms. The first-order chi connectivity index (χ1) is 9.20. The van der Waals surface area contributed by atoms with Gasteiger partial charge in [0.05, 0.1) is 0 Å². The summed E-state index contributed by atoms with van der Waals surface area (Å²) in [7, 11) is 0. The lowest BCUT2D eigenvalue weighted by Gasteiger charge is -2.05. The van der Waals surface area contributed by atoms with Gasteiger partial charge in [-0.1, -0.05) is 31.2 Å². The molecule has 2 nitrogen and oxygen atoms in total. The molecule has 0 amide bonds. The average Bonchev–Trinajstić information content (AvgIpc) is 2.46. The number of hydrogen-bond acceptors (Lipinski definition) is 3. The Morgan fingerprint density at radius 2 is 2.00 bits per heavy atom. The summed E-state index contributed by atoms with van der Waals surface area (Å²) in [5.41, 5.74) is 3.20. The number of Topliss-reactive ketones (excluding diaryl/α,β-unsaturated/α-hetero) is 1. The van der Waals surface area contributed by atoms with E-state index in [0.29, 0.717) is 12.1 Å². The van der Waals surface area contributed by atoms with Crippen LogP contribution >= 0.6 is 11.8 Å². The van der Waals surface area contributed by atoms with E-state index in [1.165, 1.54) is 11.1 Å². The second-order valence-electron chi connectivity index (χ2n) is 4.37. The highest BCUT2D eigenvalue weighted by atomic mass is 32.2. The van der Waals surface area contributed by atoms with E-state index in [2.05, 4.69) is 36.2 Å². The quantitative estimate of drug-likeness (QED) is 0.600. The van der Waals surface area contributed by atoms with Crippen molar-refractivity contribution in [1.29, 1.82) is 0 Å². The first kappa shape index (κ1) is 13.8. The topological polar surface area (TPSA) is 30.0 Å². The molecule has 3 heteroatoms. The molecule has 0 aliphatic heterocycles. The van der Waals surface area contributed by atoms with Crippen molar-refractivity contribution in [3.63, 3.8) is 0 Å². The van der Waals surface area contributed by atoms with Crippen LogP contribution in [-0.4, -0.2) is 10.8 Å². The van der Waals surface area contributed by atoms with Crippen LogP contribution in [0.5, 0.6) is 0 Å². The Balaban J connectivity index is 2.01. The molecule has 0 radical (unpaired) electrons. The first-order valence-corrected chi connectivity index (χ1v) is 7.36. The molecule has 1 aromatic heterocycles. The van der Waals surface area contributed by atoms with E-state index < -0.39 is 0 Å². The van der Waals surface area contributed by atoms with Crippen LogP contribution in [0.25, 0.3) is 0 Å². The lowest BCUT2D eigenvalue weighted by atomic mass is 10.1. The zero-order chi connectivity index (χ0) is 13.7. The Morgan fingerprint density at radius 1 is 1.21 bits per heavy atom. The first-order valence-electron chi connectivity index (χ1n) is 6.37. The van der Waals surface area contributed by atoms with E-state index in [-0.39, 0.29) is 5.78 Å². The van der Waals surface area contributed by atoms with E-state index in [4.69, 9.17) is 0 Å². The van der Waals surface area contributed by atoms with E-state index in [1.807, 2.05) is 19.1 Å². The molecule has 0 fully saturated rings. The van der Waals surface area contributed by atoms with Crippen molar-refractivity contribution < 1.29 is 4.79 Å². The van der Waals surface area contributed by atoms with Crippen molar-refractivity contribution >= 4 is 17.5 Å². The van der Waals surface area contributed by atoms with Crippen LogP contribution in [0.3, 0.4) is 0 Å². The highest BCUT2D eigenvalue weighted by Crippen LogP contribution is 2.23. The summed E-state index contributed by atoms with van der Waals surface area (Å²) < 4.78 is 0. The third-order valence-corrected chi connectivity index (χ3v) is 4.03. The fourth-order valence-corrected chi connectivity index (χ4v) is 2.68. The van der Waals surface area contributed by atoms with Gasteiger partial charge in [-0.15, -0.1) is 11.8 Å². The van der Waals surface area contributed by atoms with Gasteiger partial charge in [-0.3, -0.25) is 9.78 Å². The van der Waals surface area contributed by atoms with Crippen molar-refractivity contribution in [2.75, 3.05) is 0 Å². The summed E-state index contributed by atoms with van der Waals surface area (Å²) in [6, 6.07) is 12.2. The maximum atomic E-state index is 11.5. The average molecular weight is 271 g/mol. The summed E-state index contributed by atoms with van der Waals surface area (Å²) in [6.07, 6.45) is 2.29. The van der Waals surface area contributed by atoms with Crippen molar-refractivity contribution in [2.45, 2.75) is 30.9 Å². The lowest BCUT2D eigenvalue weighted by Crippen LogP contribution is -1.99. The zero-order valence-electron chi connectivity index (χ0n) is 11.2. The molecule has 1 aromatic carbocycles. The molecule has 0 atom stereocenters. The van der Waals surface area contributed by atoms with Gasteiger partial charge < -0.3 is 0 Å². The molecular formula is C16H17NOS. The van der Waals surface area contributed by atoms with Gasteiger partial charge in [0.2, 0.25) is 0 Å². The maximum absolute atomic E-state index is 11.5. The highest BCUT2D eigenvalue weighted by Gasteiger charge is 2.05. The van der Waals surface area contributed by atoms with Crippen molar-refractivity contribution in [3.8, 4) is 0 Å². The number of aryl methyl sites for hydroxylation is 1. The number of hydrogen-bond donors (Lipinski definition) is 0. The Kier molecular flexibility index (Phi) is 4.74. The molecule has 0 spiro atoms. The van der Waals surface area contributed by atoms with Crippen LogP contribution in [0.15, 0.2) is 47.5 Å². The molecule has 0 saturated carbocycles. The summed E-state index contributed by atoms with van der Waals surface area (Å²) in [6.45, 7) is 3.97. The lowest BCUT2D eigenvalue weighted by molar-refractivity contribution is 0.0983. The van der Waals surface area contributed by atoms with E-state index in [9.17, 15) is 4.79 Å². The van der Waals surface area contributed by atoms with Crippen molar-refractivity contribution in [3.05, 3.63) is 59.4 Å². The van der Waals surface area contributed by atoms with Gasteiger partial charge in [-0.05, 0) is 30.2 Å². The standard InChI is InChI=1S/C16H17NOS/c1-3-16(18)15-9-8-14(10-17-15)19-11-13-7-5-4-6-12(13)2/h4-10H,3,11H2,1-2H3. The van der Waals surface area contributed by atoms with Crippen molar-refractivity contribution in [2.24, 2.45) is 0 Å². The molecular weight excluding hydrogens is 254 g/mol. The van der Waals surface area contributed by atoms with Crippen molar-refractivity contribution in [1.82, 2.24) is 4.98 Å². The van der Waals surface area contributed by atoms with Gasteiger partial charge in [-0.25, -0.2) is 0 Å². The van der Waals surface area contributed by atoms with Crippen LogP contribution in [0, 0.1) is 6.92 Å². The zero-order valence-corrected chi connectivity index (χ0v) is 12.0. The minimum atomic E-state index is 0.0930. The number of pyridine rings is 1. The van der Waals surface area contributed by atoms with Gasteiger partial charge in [0, 0.05) is 23.3 Å². The van der Waals surface area contributed by atoms with Gasteiger partial charge in [0.15, 0.2) is 5.78 Å². The predicted octanol–water partition coefficient (Wildman–Crippen LogP) is 4.28. The Hall–Kier alpha value is -1.61. The summed E-state index contributed by atoms with van der Waals surface area (Å²) in [5.74, 6) is 1.02. The number of carbonyl (C=O) groups is 1. The summed E-state index contributed by atoms with van der Waals surface area (Å²) in [5, 5.41) is 0. The molecule has 2 aromatic rings. The normalized spacial score (nSPS) is 10.4. The maximum Gasteiger partial charge on any atom is 0.180 e. The molecule has 0 aliphatic rings. The molecule has 2 rings (SSSR count). The van der Waals surface area contributed by atoms with Gasteiger partial charge in [0.1, 0.15) is 5.69 Å². The predicted molar refractivity (Wildman–Crippen MR) is 79.6 cm³/mol. The fourth-order valence-electron chi connectivity index (χ4n) is 1.74. The molecule has 0 saturated heterocycles.